The summed E-state index contributed by atoms with van der Waals surface area (Å²) in [5.74, 6) is 0.0876. The number of rotatable bonds is 4. The molecular formula is C25H27FN6O. The Balaban J connectivity index is 1.24. The zero-order chi connectivity index (χ0) is 22.8. The monoisotopic (exact) mass is 446 g/mol. The van der Waals surface area contributed by atoms with E-state index in [-0.39, 0.29) is 23.5 Å². The van der Waals surface area contributed by atoms with Crippen LogP contribution >= 0.6 is 0 Å². The van der Waals surface area contributed by atoms with Crippen molar-refractivity contribution in [1.82, 2.24) is 25.1 Å². The number of H-pyrrole nitrogens is 1. The number of imidazole rings is 1. The number of carbonyl (C=O) groups excluding carboxylic acids is 1. The van der Waals surface area contributed by atoms with Gasteiger partial charge in [-0.3, -0.25) is 9.69 Å². The van der Waals surface area contributed by atoms with E-state index in [0.29, 0.717) is 35.2 Å². The quantitative estimate of drug-likeness (QED) is 0.643. The molecule has 0 saturated carbocycles. The number of aromatic nitrogens is 2. The maximum Gasteiger partial charge on any atom is 0.289 e. The molecule has 0 bridgehead atoms. The summed E-state index contributed by atoms with van der Waals surface area (Å²) >= 11 is 0. The molecule has 2 aromatic carbocycles. The van der Waals surface area contributed by atoms with Gasteiger partial charge < -0.3 is 15.2 Å². The van der Waals surface area contributed by atoms with E-state index in [1.165, 1.54) is 6.07 Å². The second-order valence-electron chi connectivity index (χ2n) is 8.88. The molecule has 0 aliphatic carbocycles. The fourth-order valence-corrected chi connectivity index (χ4v) is 4.80. The van der Waals surface area contributed by atoms with Crippen molar-refractivity contribution in [3.8, 4) is 6.07 Å². The third-order valence-electron chi connectivity index (χ3n) is 6.73. The lowest BCUT2D eigenvalue weighted by Gasteiger charge is -2.34. The van der Waals surface area contributed by atoms with Gasteiger partial charge in [-0.2, -0.15) is 5.26 Å². The van der Waals surface area contributed by atoms with E-state index >= 15 is 0 Å². The number of piperazine rings is 1. The van der Waals surface area contributed by atoms with Crippen LogP contribution in [0.4, 0.5) is 4.39 Å². The summed E-state index contributed by atoms with van der Waals surface area (Å²) in [6.45, 7) is 5.33. The molecule has 0 atom stereocenters. The van der Waals surface area contributed by atoms with E-state index < -0.39 is 0 Å². The second kappa shape index (κ2) is 9.30. The lowest BCUT2D eigenvalue weighted by Crippen LogP contribution is -2.48. The summed E-state index contributed by atoms with van der Waals surface area (Å²) in [7, 11) is 0. The number of fused-ring (bicyclic) bond motifs is 1. The van der Waals surface area contributed by atoms with Gasteiger partial charge in [0.15, 0.2) is 5.82 Å². The van der Waals surface area contributed by atoms with Gasteiger partial charge in [0.2, 0.25) is 0 Å². The van der Waals surface area contributed by atoms with Crippen LogP contribution < -0.4 is 5.32 Å². The fourth-order valence-electron chi connectivity index (χ4n) is 4.80. The Morgan fingerprint density at radius 2 is 1.85 bits per heavy atom. The van der Waals surface area contributed by atoms with Gasteiger partial charge in [0.05, 0.1) is 22.7 Å². The Morgan fingerprint density at radius 1 is 1.12 bits per heavy atom. The van der Waals surface area contributed by atoms with Crippen molar-refractivity contribution in [2.75, 3.05) is 39.3 Å². The number of piperidine rings is 1. The minimum Gasteiger partial charge on any atom is -0.334 e. The Morgan fingerprint density at radius 3 is 2.55 bits per heavy atom. The molecule has 2 fully saturated rings. The molecule has 33 heavy (non-hydrogen) atoms. The first-order valence-corrected chi connectivity index (χ1v) is 11.5. The van der Waals surface area contributed by atoms with Gasteiger partial charge in [-0.1, -0.05) is 12.1 Å². The van der Waals surface area contributed by atoms with Gasteiger partial charge in [-0.15, -0.1) is 0 Å². The number of hydrogen-bond donors (Lipinski definition) is 2. The lowest BCUT2D eigenvalue weighted by molar-refractivity contribution is 0.0618. The highest BCUT2D eigenvalue weighted by atomic mass is 19.1. The van der Waals surface area contributed by atoms with E-state index in [1.54, 1.807) is 4.90 Å². The van der Waals surface area contributed by atoms with Crippen molar-refractivity contribution < 1.29 is 9.18 Å². The topological polar surface area (TPSA) is 88.1 Å². The van der Waals surface area contributed by atoms with Gasteiger partial charge in [0.25, 0.3) is 5.91 Å². The summed E-state index contributed by atoms with van der Waals surface area (Å²) in [5, 5.41) is 12.2. The summed E-state index contributed by atoms with van der Waals surface area (Å²) in [4.78, 5) is 24.7. The number of nitriles is 1. The van der Waals surface area contributed by atoms with Crippen molar-refractivity contribution in [2.45, 2.75) is 25.3 Å². The zero-order valence-corrected chi connectivity index (χ0v) is 18.5. The number of hydrogen-bond acceptors (Lipinski definition) is 5. The third kappa shape index (κ3) is 4.61. The number of nitrogens with zero attached hydrogens (tertiary/aromatic N) is 4. The van der Waals surface area contributed by atoms with Crippen molar-refractivity contribution in [3.05, 3.63) is 64.7 Å². The Hall–Kier alpha value is -3.28. The van der Waals surface area contributed by atoms with Crippen LogP contribution in [0.15, 0.2) is 36.4 Å². The molecule has 0 spiro atoms. The summed E-state index contributed by atoms with van der Waals surface area (Å²) in [5.41, 5.74) is 3.71. The fraction of sp³-hybridized carbons (Fsp3) is 0.400. The molecule has 170 valence electrons. The van der Waals surface area contributed by atoms with Crippen LogP contribution in [0.5, 0.6) is 0 Å². The molecule has 1 amide bonds. The minimum absolute atomic E-state index is 0.145. The molecule has 5 rings (SSSR count). The average Bonchev–Trinajstić information content (AvgIpc) is 3.27. The predicted molar refractivity (Wildman–Crippen MR) is 123 cm³/mol. The molecule has 0 unspecified atom stereocenters. The Kier molecular flexibility index (Phi) is 6.07. The maximum atomic E-state index is 14.7. The van der Waals surface area contributed by atoms with Crippen LogP contribution in [0, 0.1) is 17.1 Å². The van der Waals surface area contributed by atoms with Crippen molar-refractivity contribution in [3.63, 3.8) is 0 Å². The number of halogens is 1. The van der Waals surface area contributed by atoms with Gasteiger partial charge >= 0.3 is 0 Å². The number of benzene rings is 2. The first kappa shape index (κ1) is 21.6. The molecule has 8 heteroatoms. The lowest BCUT2D eigenvalue weighted by atomic mass is 9.89. The first-order chi connectivity index (χ1) is 16.1. The van der Waals surface area contributed by atoms with Gasteiger partial charge in [0.1, 0.15) is 5.82 Å². The number of aromatic amines is 1. The maximum absolute atomic E-state index is 14.7. The van der Waals surface area contributed by atoms with Crippen molar-refractivity contribution >= 4 is 16.9 Å². The number of amides is 1. The summed E-state index contributed by atoms with van der Waals surface area (Å²) < 4.78 is 14.7. The molecule has 3 heterocycles. The van der Waals surface area contributed by atoms with E-state index in [9.17, 15) is 9.18 Å². The van der Waals surface area contributed by atoms with Gasteiger partial charge in [0, 0.05) is 32.7 Å². The van der Waals surface area contributed by atoms with Gasteiger partial charge in [-0.05, 0) is 67.2 Å². The molecule has 7 nitrogen and oxygen atoms in total. The van der Waals surface area contributed by atoms with E-state index in [4.69, 9.17) is 5.26 Å². The summed E-state index contributed by atoms with van der Waals surface area (Å²) in [6, 6.07) is 13.0. The molecule has 2 aliphatic rings. The molecule has 2 N–H and O–H groups in total. The van der Waals surface area contributed by atoms with E-state index in [2.05, 4.69) is 26.3 Å². The molecular weight excluding hydrogens is 419 g/mol. The van der Waals surface area contributed by atoms with Crippen molar-refractivity contribution in [1.29, 1.82) is 5.26 Å². The number of carbonyl (C=O) groups is 1. The van der Waals surface area contributed by atoms with Crippen LogP contribution in [0.25, 0.3) is 11.0 Å². The molecule has 3 aromatic rings. The summed E-state index contributed by atoms with van der Waals surface area (Å²) in [6.07, 6.45) is 1.82. The standard InChI is InChI=1S/C25H27FN6O/c26-21-14-23-22(13-20(21)19-5-7-28-8-6-19)29-24(30-23)25(33)32-11-9-31(10-12-32)16-18-3-1-17(15-27)2-4-18/h1-4,13-14,19,28H,5-12,16H2,(H,29,30). The Labute approximate surface area is 192 Å². The van der Waals surface area contributed by atoms with Crippen LogP contribution in [0.2, 0.25) is 0 Å². The highest BCUT2D eigenvalue weighted by molar-refractivity contribution is 5.94. The van der Waals surface area contributed by atoms with E-state index in [1.807, 2.05) is 30.3 Å². The third-order valence-corrected chi connectivity index (χ3v) is 6.73. The predicted octanol–water partition coefficient (Wildman–Crippen LogP) is 3.00. The van der Waals surface area contributed by atoms with Crippen LogP contribution in [0.3, 0.4) is 0 Å². The van der Waals surface area contributed by atoms with Crippen LogP contribution in [-0.2, 0) is 6.54 Å². The average molecular weight is 447 g/mol. The SMILES string of the molecule is N#Cc1ccc(CN2CCN(C(=O)c3nc4cc(C5CCNCC5)c(F)cc4[nH]3)CC2)cc1. The number of nitrogens with one attached hydrogen (secondary N) is 2. The molecule has 0 radical (unpaired) electrons. The Bertz CT molecular complexity index is 1180. The highest BCUT2D eigenvalue weighted by Gasteiger charge is 2.25. The smallest absolute Gasteiger partial charge is 0.289 e. The largest absolute Gasteiger partial charge is 0.334 e. The molecule has 2 saturated heterocycles. The van der Waals surface area contributed by atoms with Crippen LogP contribution in [0.1, 0.15) is 46.1 Å². The molecule has 2 aliphatic heterocycles. The van der Waals surface area contributed by atoms with Gasteiger partial charge in [-0.25, -0.2) is 9.37 Å². The van der Waals surface area contributed by atoms with E-state index in [0.717, 1.165) is 51.1 Å². The highest BCUT2D eigenvalue weighted by Crippen LogP contribution is 2.30. The molecule has 1 aromatic heterocycles. The zero-order valence-electron chi connectivity index (χ0n) is 18.5. The minimum atomic E-state index is -0.228. The van der Waals surface area contributed by atoms with Crippen molar-refractivity contribution in [2.24, 2.45) is 0 Å². The normalized spacial score (nSPS) is 17.9. The second-order valence-corrected chi connectivity index (χ2v) is 8.88. The first-order valence-electron chi connectivity index (χ1n) is 11.5. The van der Waals surface area contributed by atoms with Crippen LogP contribution in [-0.4, -0.2) is 64.9 Å².